The maximum absolute atomic E-state index is 2.66. The van der Waals surface area contributed by atoms with E-state index >= 15 is 0 Å². The summed E-state index contributed by atoms with van der Waals surface area (Å²) in [5.41, 5.74) is 0. The van der Waals surface area contributed by atoms with Gasteiger partial charge in [0.2, 0.25) is 0 Å². The van der Waals surface area contributed by atoms with E-state index in [-0.39, 0.29) is 10.0 Å². The first-order valence-corrected chi connectivity index (χ1v) is 10.3. The van der Waals surface area contributed by atoms with Crippen LogP contribution in [0.25, 0.3) is 0 Å². The SMILES string of the molecule is CCCS(C)(C)C12CCCCC1CC(C)CC2. The van der Waals surface area contributed by atoms with Gasteiger partial charge in [-0.05, 0) is 68.6 Å². The molecule has 2 rings (SSSR count). The molecule has 0 aromatic heterocycles. The fourth-order valence-corrected chi connectivity index (χ4v) is 8.67. The molecule has 0 amide bonds. The Bertz CT molecular complexity index is 258. The molecular weight excluding hydrogens is 224 g/mol. The summed E-state index contributed by atoms with van der Waals surface area (Å²) in [5.74, 6) is 3.59. The lowest BCUT2D eigenvalue weighted by atomic mass is 9.67. The molecule has 2 aliphatic rings. The fourth-order valence-electron chi connectivity index (χ4n) is 4.76. The summed E-state index contributed by atoms with van der Waals surface area (Å²) < 4.78 is 0.785. The van der Waals surface area contributed by atoms with Crippen LogP contribution >= 0.6 is 10.0 Å². The Morgan fingerprint density at radius 1 is 1.12 bits per heavy atom. The summed E-state index contributed by atoms with van der Waals surface area (Å²) >= 11 is 0. The molecule has 0 bridgehead atoms. The first-order valence-electron chi connectivity index (χ1n) is 7.72. The van der Waals surface area contributed by atoms with Crippen molar-refractivity contribution in [3.05, 3.63) is 0 Å². The van der Waals surface area contributed by atoms with E-state index in [1.54, 1.807) is 25.7 Å². The van der Waals surface area contributed by atoms with Gasteiger partial charge in [0.15, 0.2) is 0 Å². The predicted octanol–water partition coefficient (Wildman–Crippen LogP) is 5.21. The van der Waals surface area contributed by atoms with Crippen LogP contribution in [0.15, 0.2) is 0 Å². The lowest BCUT2D eigenvalue weighted by molar-refractivity contribution is 0.162. The average molecular weight is 256 g/mol. The van der Waals surface area contributed by atoms with Gasteiger partial charge in [-0.15, -0.1) is 0 Å². The van der Waals surface area contributed by atoms with Crippen LogP contribution in [-0.4, -0.2) is 23.0 Å². The highest BCUT2D eigenvalue weighted by Gasteiger charge is 2.49. The van der Waals surface area contributed by atoms with Gasteiger partial charge in [0, 0.05) is 4.75 Å². The minimum atomic E-state index is -0.379. The Morgan fingerprint density at radius 3 is 2.59 bits per heavy atom. The first kappa shape index (κ1) is 13.8. The van der Waals surface area contributed by atoms with E-state index < -0.39 is 0 Å². The van der Waals surface area contributed by atoms with Crippen LogP contribution in [0.5, 0.6) is 0 Å². The number of hydrogen-bond acceptors (Lipinski definition) is 0. The predicted molar refractivity (Wildman–Crippen MR) is 82.3 cm³/mol. The van der Waals surface area contributed by atoms with E-state index in [0.717, 1.165) is 16.6 Å². The topological polar surface area (TPSA) is 0 Å². The maximum atomic E-state index is 2.66. The second kappa shape index (κ2) is 5.15. The molecule has 3 unspecified atom stereocenters. The van der Waals surface area contributed by atoms with Crippen LogP contribution < -0.4 is 0 Å². The third-order valence-corrected chi connectivity index (χ3v) is 10.1. The van der Waals surface area contributed by atoms with Crippen molar-refractivity contribution in [2.45, 2.75) is 70.0 Å². The zero-order chi connectivity index (χ0) is 12.5. The van der Waals surface area contributed by atoms with Gasteiger partial charge in [0.1, 0.15) is 0 Å². The number of rotatable bonds is 3. The Balaban J connectivity index is 2.23. The van der Waals surface area contributed by atoms with Crippen LogP contribution in [0.4, 0.5) is 0 Å². The van der Waals surface area contributed by atoms with E-state index in [1.165, 1.54) is 31.4 Å². The summed E-state index contributed by atoms with van der Waals surface area (Å²) in [6.07, 6.45) is 17.5. The molecule has 2 saturated carbocycles. The molecular formula is C16H32S. The molecule has 0 aromatic carbocycles. The molecule has 0 saturated heterocycles. The minimum absolute atomic E-state index is 0.379. The fraction of sp³-hybridized carbons (Fsp3) is 1.00. The van der Waals surface area contributed by atoms with Crippen LogP contribution in [0.3, 0.4) is 0 Å². The molecule has 0 heterocycles. The van der Waals surface area contributed by atoms with Gasteiger partial charge in [-0.1, -0.05) is 26.7 Å². The summed E-state index contributed by atoms with van der Waals surface area (Å²) in [6.45, 7) is 4.87. The third-order valence-electron chi connectivity index (χ3n) is 5.71. The number of fused-ring (bicyclic) bond motifs is 1. The summed E-state index contributed by atoms with van der Waals surface area (Å²) in [5, 5.41) is 0. The minimum Gasteiger partial charge on any atom is -0.241 e. The molecule has 2 aliphatic carbocycles. The van der Waals surface area contributed by atoms with Gasteiger partial charge < -0.3 is 0 Å². The maximum Gasteiger partial charge on any atom is 0.00261 e. The standard InChI is InChI=1S/C16H32S/c1-5-12-17(3,4)16-10-7-6-8-15(16)13-14(2)9-11-16/h14-15H,5-13H2,1-4H3. The molecule has 0 aromatic rings. The van der Waals surface area contributed by atoms with Crippen molar-refractivity contribution in [1.29, 1.82) is 0 Å². The average Bonchev–Trinajstić information content (AvgIpc) is 2.28. The Kier molecular flexibility index (Phi) is 4.17. The largest absolute Gasteiger partial charge is 0.241 e. The normalized spacial score (nSPS) is 39.8. The van der Waals surface area contributed by atoms with Crippen LogP contribution in [0, 0.1) is 11.8 Å². The smallest absolute Gasteiger partial charge is 0.00261 e. The molecule has 102 valence electrons. The molecule has 0 spiro atoms. The van der Waals surface area contributed by atoms with E-state index in [2.05, 4.69) is 26.4 Å². The lowest BCUT2D eigenvalue weighted by Crippen LogP contribution is -2.48. The van der Waals surface area contributed by atoms with E-state index in [1.807, 2.05) is 0 Å². The Labute approximate surface area is 110 Å². The van der Waals surface area contributed by atoms with Crippen LogP contribution in [0.1, 0.15) is 65.2 Å². The van der Waals surface area contributed by atoms with Crippen molar-refractivity contribution in [2.24, 2.45) is 11.8 Å². The highest BCUT2D eigenvalue weighted by atomic mass is 32.3. The molecule has 1 heteroatoms. The van der Waals surface area contributed by atoms with Crippen LogP contribution in [0.2, 0.25) is 0 Å². The summed E-state index contributed by atoms with van der Waals surface area (Å²) in [7, 11) is -0.379. The Hall–Kier alpha value is 0.350. The van der Waals surface area contributed by atoms with Crippen molar-refractivity contribution in [1.82, 2.24) is 0 Å². The van der Waals surface area contributed by atoms with Crippen molar-refractivity contribution in [3.63, 3.8) is 0 Å². The highest BCUT2D eigenvalue weighted by molar-refractivity contribution is 8.33. The van der Waals surface area contributed by atoms with E-state index in [9.17, 15) is 0 Å². The van der Waals surface area contributed by atoms with Gasteiger partial charge in [-0.25, -0.2) is 10.0 Å². The molecule has 3 atom stereocenters. The first-order chi connectivity index (χ1) is 8.02. The van der Waals surface area contributed by atoms with Crippen molar-refractivity contribution >= 4 is 10.0 Å². The van der Waals surface area contributed by atoms with Gasteiger partial charge in [-0.2, -0.15) is 0 Å². The molecule has 2 fully saturated rings. The zero-order valence-corrected chi connectivity index (χ0v) is 13.2. The molecule has 0 radical (unpaired) electrons. The zero-order valence-electron chi connectivity index (χ0n) is 12.4. The monoisotopic (exact) mass is 256 g/mol. The van der Waals surface area contributed by atoms with Gasteiger partial charge >= 0.3 is 0 Å². The van der Waals surface area contributed by atoms with Crippen molar-refractivity contribution < 1.29 is 0 Å². The summed E-state index contributed by atoms with van der Waals surface area (Å²) in [4.78, 5) is 0. The molecule has 0 aliphatic heterocycles. The third kappa shape index (κ3) is 2.41. The Morgan fingerprint density at radius 2 is 1.88 bits per heavy atom. The lowest BCUT2D eigenvalue weighted by Gasteiger charge is -2.61. The summed E-state index contributed by atoms with van der Waals surface area (Å²) in [6, 6.07) is 0. The van der Waals surface area contributed by atoms with Gasteiger partial charge in [-0.3, -0.25) is 0 Å². The van der Waals surface area contributed by atoms with Gasteiger partial charge in [0.05, 0.1) is 0 Å². The highest BCUT2D eigenvalue weighted by Crippen LogP contribution is 2.66. The quantitative estimate of drug-likeness (QED) is 0.650. The number of hydrogen-bond donors (Lipinski definition) is 0. The molecule has 0 nitrogen and oxygen atoms in total. The second-order valence-electron chi connectivity index (χ2n) is 7.13. The van der Waals surface area contributed by atoms with Crippen LogP contribution in [-0.2, 0) is 0 Å². The van der Waals surface area contributed by atoms with Crippen molar-refractivity contribution in [3.8, 4) is 0 Å². The van der Waals surface area contributed by atoms with E-state index in [4.69, 9.17) is 0 Å². The van der Waals surface area contributed by atoms with Crippen molar-refractivity contribution in [2.75, 3.05) is 18.3 Å². The molecule has 0 N–H and O–H groups in total. The molecule has 17 heavy (non-hydrogen) atoms. The van der Waals surface area contributed by atoms with Gasteiger partial charge in [0.25, 0.3) is 0 Å². The second-order valence-corrected chi connectivity index (χ2v) is 11.4. The van der Waals surface area contributed by atoms with E-state index in [0.29, 0.717) is 0 Å².